The summed E-state index contributed by atoms with van der Waals surface area (Å²) in [6, 6.07) is 6.14. The van der Waals surface area contributed by atoms with Gasteiger partial charge in [-0.25, -0.2) is 17.6 Å². The second kappa shape index (κ2) is 7.73. The standard InChI is InChI=1S/C24H24F4/c1-2-3-4-14-5-6-19-21(24(14)15-9-16(25)11-17(26)10-15)8-7-20-22(19)12-18(27)13-23(20)28/h3-4,9-14,19,21,24H,2,5-8H2,1H3. The minimum absolute atomic E-state index is 0.0107. The quantitative estimate of drug-likeness (QED) is 0.390. The molecule has 0 nitrogen and oxygen atoms in total. The second-order valence-electron chi connectivity index (χ2n) is 8.07. The lowest BCUT2D eigenvalue weighted by Gasteiger charge is -2.46. The number of fused-ring (bicyclic) bond motifs is 3. The molecule has 2 aliphatic rings. The van der Waals surface area contributed by atoms with Gasteiger partial charge in [-0.15, -0.1) is 0 Å². The van der Waals surface area contributed by atoms with Crippen LogP contribution < -0.4 is 0 Å². The molecule has 0 aliphatic heterocycles. The molecule has 1 fully saturated rings. The first-order chi connectivity index (χ1) is 13.5. The summed E-state index contributed by atoms with van der Waals surface area (Å²) in [5.41, 5.74) is 2.00. The van der Waals surface area contributed by atoms with E-state index in [4.69, 9.17) is 0 Å². The number of allylic oxidation sites excluding steroid dienone is 2. The zero-order valence-corrected chi connectivity index (χ0v) is 15.9. The first-order valence-corrected chi connectivity index (χ1v) is 10.1. The fourth-order valence-corrected chi connectivity index (χ4v) is 5.42. The molecule has 0 aromatic heterocycles. The molecule has 0 N–H and O–H groups in total. The number of halogens is 4. The van der Waals surface area contributed by atoms with E-state index in [1.54, 1.807) is 0 Å². The number of hydrogen-bond donors (Lipinski definition) is 0. The van der Waals surface area contributed by atoms with Crippen LogP contribution in [0.4, 0.5) is 17.6 Å². The Morgan fingerprint density at radius 1 is 0.893 bits per heavy atom. The van der Waals surface area contributed by atoms with Crippen LogP contribution in [0.1, 0.15) is 61.1 Å². The average molecular weight is 388 g/mol. The van der Waals surface area contributed by atoms with Gasteiger partial charge in [0.15, 0.2) is 0 Å². The molecule has 4 rings (SSSR count). The summed E-state index contributed by atoms with van der Waals surface area (Å²) in [5.74, 6) is -1.97. The molecule has 148 valence electrons. The maximum absolute atomic E-state index is 14.3. The van der Waals surface area contributed by atoms with Crippen LogP contribution in [-0.4, -0.2) is 0 Å². The molecule has 28 heavy (non-hydrogen) atoms. The van der Waals surface area contributed by atoms with Crippen molar-refractivity contribution in [2.45, 2.75) is 50.9 Å². The van der Waals surface area contributed by atoms with Gasteiger partial charge in [0.05, 0.1) is 0 Å². The highest BCUT2D eigenvalue weighted by molar-refractivity contribution is 5.38. The molecular weight excluding hydrogens is 364 g/mol. The summed E-state index contributed by atoms with van der Waals surface area (Å²) in [5, 5.41) is 0. The van der Waals surface area contributed by atoms with Crippen LogP contribution in [0.2, 0.25) is 0 Å². The highest BCUT2D eigenvalue weighted by Gasteiger charge is 2.43. The fourth-order valence-electron chi connectivity index (χ4n) is 5.42. The molecule has 0 spiro atoms. The minimum Gasteiger partial charge on any atom is -0.207 e. The van der Waals surface area contributed by atoms with Crippen LogP contribution in [-0.2, 0) is 6.42 Å². The number of hydrogen-bond acceptors (Lipinski definition) is 0. The minimum atomic E-state index is -0.580. The number of rotatable bonds is 3. The summed E-state index contributed by atoms with van der Waals surface area (Å²) in [6.07, 6.45) is 8.08. The Bertz CT molecular complexity index is 881. The molecule has 2 aliphatic carbocycles. The maximum atomic E-state index is 14.3. The normalized spacial score (nSPS) is 26.9. The van der Waals surface area contributed by atoms with Gasteiger partial charge in [-0.05, 0) is 90.7 Å². The van der Waals surface area contributed by atoms with E-state index in [1.807, 2.05) is 0 Å². The lowest BCUT2D eigenvalue weighted by atomic mass is 9.58. The summed E-state index contributed by atoms with van der Waals surface area (Å²) in [6.45, 7) is 2.06. The van der Waals surface area contributed by atoms with Crippen molar-refractivity contribution < 1.29 is 17.6 Å². The van der Waals surface area contributed by atoms with Gasteiger partial charge in [0.2, 0.25) is 0 Å². The van der Waals surface area contributed by atoms with E-state index >= 15 is 0 Å². The van der Waals surface area contributed by atoms with Crippen molar-refractivity contribution in [3.63, 3.8) is 0 Å². The predicted molar refractivity (Wildman–Crippen MR) is 102 cm³/mol. The van der Waals surface area contributed by atoms with E-state index in [-0.39, 0.29) is 23.7 Å². The van der Waals surface area contributed by atoms with Gasteiger partial charge in [-0.1, -0.05) is 19.1 Å². The second-order valence-corrected chi connectivity index (χ2v) is 8.07. The van der Waals surface area contributed by atoms with Crippen molar-refractivity contribution in [3.8, 4) is 0 Å². The molecule has 4 atom stereocenters. The first kappa shape index (κ1) is 19.2. The van der Waals surface area contributed by atoms with Crippen LogP contribution in [0, 0.1) is 35.1 Å². The Hall–Kier alpha value is -2.10. The van der Waals surface area contributed by atoms with Gasteiger partial charge in [-0.3, -0.25) is 0 Å². The summed E-state index contributed by atoms with van der Waals surface area (Å²) < 4.78 is 56.2. The highest BCUT2D eigenvalue weighted by Crippen LogP contribution is 2.54. The van der Waals surface area contributed by atoms with Crippen molar-refractivity contribution in [1.82, 2.24) is 0 Å². The summed E-state index contributed by atoms with van der Waals surface area (Å²) in [4.78, 5) is 0. The van der Waals surface area contributed by atoms with Gasteiger partial charge < -0.3 is 0 Å². The lowest BCUT2D eigenvalue weighted by Crippen LogP contribution is -2.35. The van der Waals surface area contributed by atoms with Crippen molar-refractivity contribution in [2.75, 3.05) is 0 Å². The topological polar surface area (TPSA) is 0 Å². The van der Waals surface area contributed by atoms with E-state index in [2.05, 4.69) is 19.1 Å². The zero-order chi connectivity index (χ0) is 19.8. The Morgan fingerprint density at radius 2 is 1.61 bits per heavy atom. The van der Waals surface area contributed by atoms with Crippen LogP contribution >= 0.6 is 0 Å². The van der Waals surface area contributed by atoms with E-state index in [0.717, 1.165) is 43.4 Å². The van der Waals surface area contributed by atoms with Gasteiger partial charge in [-0.2, -0.15) is 0 Å². The number of benzene rings is 2. The lowest BCUT2D eigenvalue weighted by molar-refractivity contribution is 0.193. The molecule has 1 saturated carbocycles. The van der Waals surface area contributed by atoms with E-state index in [9.17, 15) is 17.6 Å². The molecule has 0 heterocycles. The smallest absolute Gasteiger partial charge is 0.129 e. The summed E-state index contributed by atoms with van der Waals surface area (Å²) in [7, 11) is 0. The average Bonchev–Trinajstić information content (AvgIpc) is 2.64. The van der Waals surface area contributed by atoms with Crippen molar-refractivity contribution >= 4 is 0 Å². The van der Waals surface area contributed by atoms with Crippen molar-refractivity contribution in [3.05, 3.63) is 82.4 Å². The highest BCUT2D eigenvalue weighted by atomic mass is 19.1. The van der Waals surface area contributed by atoms with E-state index < -0.39 is 23.3 Å². The zero-order valence-electron chi connectivity index (χ0n) is 15.9. The van der Waals surface area contributed by atoms with Crippen LogP contribution in [0.15, 0.2) is 42.5 Å². The third-order valence-electron chi connectivity index (χ3n) is 6.46. The third kappa shape index (κ3) is 3.49. The van der Waals surface area contributed by atoms with E-state index in [0.29, 0.717) is 17.5 Å². The molecule has 4 unspecified atom stereocenters. The molecule has 2 aromatic rings. The van der Waals surface area contributed by atoms with Crippen LogP contribution in [0.3, 0.4) is 0 Å². The Balaban J connectivity index is 1.79. The maximum Gasteiger partial charge on any atom is 0.129 e. The van der Waals surface area contributed by atoms with Crippen molar-refractivity contribution in [1.29, 1.82) is 0 Å². The van der Waals surface area contributed by atoms with Gasteiger partial charge >= 0.3 is 0 Å². The third-order valence-corrected chi connectivity index (χ3v) is 6.46. The van der Waals surface area contributed by atoms with Gasteiger partial charge in [0.25, 0.3) is 0 Å². The Morgan fingerprint density at radius 3 is 2.32 bits per heavy atom. The SMILES string of the molecule is CCC=CC1CCC2c3cc(F)cc(F)c3CCC2C1c1cc(F)cc(F)c1. The Kier molecular flexibility index (Phi) is 5.31. The van der Waals surface area contributed by atoms with E-state index in [1.165, 1.54) is 18.2 Å². The first-order valence-electron chi connectivity index (χ1n) is 10.1. The Labute approximate surface area is 163 Å². The molecular formula is C24H24F4. The van der Waals surface area contributed by atoms with Crippen LogP contribution in [0.25, 0.3) is 0 Å². The summed E-state index contributed by atoms with van der Waals surface area (Å²) >= 11 is 0. The molecule has 0 saturated heterocycles. The predicted octanol–water partition coefficient (Wildman–Crippen LogP) is 7.05. The van der Waals surface area contributed by atoms with Gasteiger partial charge in [0.1, 0.15) is 23.3 Å². The van der Waals surface area contributed by atoms with Crippen LogP contribution in [0.5, 0.6) is 0 Å². The monoisotopic (exact) mass is 388 g/mol. The molecule has 0 bridgehead atoms. The largest absolute Gasteiger partial charge is 0.207 e. The molecule has 2 aromatic carbocycles. The molecule has 0 amide bonds. The van der Waals surface area contributed by atoms with Crippen molar-refractivity contribution in [2.24, 2.45) is 11.8 Å². The van der Waals surface area contributed by atoms with Gasteiger partial charge in [0, 0.05) is 12.1 Å². The fraction of sp³-hybridized carbons (Fsp3) is 0.417. The molecule has 0 radical (unpaired) electrons. The molecule has 4 heteroatoms.